The summed E-state index contributed by atoms with van der Waals surface area (Å²) in [5.41, 5.74) is 6.68. The van der Waals surface area contributed by atoms with Gasteiger partial charge in [-0.1, -0.05) is 13.3 Å². The predicted octanol–water partition coefficient (Wildman–Crippen LogP) is 2.67. The molecule has 100 valence electrons. The number of anilines is 1. The Hall–Kier alpha value is -1.55. The van der Waals surface area contributed by atoms with Crippen LogP contribution in [0.5, 0.6) is 5.75 Å². The Bertz CT molecular complexity index is 391. The van der Waals surface area contributed by atoms with E-state index in [-0.39, 0.29) is 5.78 Å². The topological polar surface area (TPSA) is 61.6 Å². The molecule has 18 heavy (non-hydrogen) atoms. The Kier molecular flexibility index (Phi) is 6.22. The summed E-state index contributed by atoms with van der Waals surface area (Å²) in [6.07, 6.45) is 2.19. The standard InChI is InChI=1S/C14H21NO3/c1-3-4-7-17-8-9-18-12-5-6-14(15)13(10-12)11(2)16/h5-6,10H,3-4,7-9,15H2,1-2H3. The molecule has 0 fully saturated rings. The fourth-order valence-corrected chi connectivity index (χ4v) is 1.50. The number of Topliss-reactive ketones (excluding diaryl/α,β-unsaturated/α-hetero) is 1. The van der Waals surface area contributed by atoms with Gasteiger partial charge in [-0.05, 0) is 31.5 Å². The van der Waals surface area contributed by atoms with Crippen LogP contribution >= 0.6 is 0 Å². The van der Waals surface area contributed by atoms with Gasteiger partial charge in [0.25, 0.3) is 0 Å². The number of unbranched alkanes of at least 4 members (excludes halogenated alkanes) is 1. The Balaban J connectivity index is 2.38. The molecule has 4 heteroatoms. The highest BCUT2D eigenvalue weighted by Gasteiger charge is 2.06. The van der Waals surface area contributed by atoms with Gasteiger partial charge in [0.1, 0.15) is 12.4 Å². The Morgan fingerprint density at radius 1 is 1.28 bits per heavy atom. The first kappa shape index (κ1) is 14.5. The number of ketones is 1. The van der Waals surface area contributed by atoms with Crippen molar-refractivity contribution in [2.24, 2.45) is 0 Å². The van der Waals surface area contributed by atoms with Crippen LogP contribution in [0.2, 0.25) is 0 Å². The molecule has 1 rings (SSSR count). The molecule has 4 nitrogen and oxygen atoms in total. The van der Waals surface area contributed by atoms with Crippen molar-refractivity contribution >= 4 is 11.5 Å². The second-order valence-electron chi connectivity index (χ2n) is 4.12. The zero-order valence-electron chi connectivity index (χ0n) is 11.1. The monoisotopic (exact) mass is 251 g/mol. The van der Waals surface area contributed by atoms with Gasteiger partial charge in [0, 0.05) is 17.9 Å². The molecular formula is C14H21NO3. The maximum Gasteiger partial charge on any atom is 0.162 e. The molecule has 0 unspecified atom stereocenters. The summed E-state index contributed by atoms with van der Waals surface area (Å²) in [7, 11) is 0. The summed E-state index contributed by atoms with van der Waals surface area (Å²) in [4.78, 5) is 11.3. The minimum atomic E-state index is -0.0582. The zero-order valence-corrected chi connectivity index (χ0v) is 11.1. The quantitative estimate of drug-likeness (QED) is 0.438. The third kappa shape index (κ3) is 4.75. The summed E-state index contributed by atoms with van der Waals surface area (Å²) >= 11 is 0. The lowest BCUT2D eigenvalue weighted by Gasteiger charge is -2.09. The number of carbonyl (C=O) groups is 1. The minimum absolute atomic E-state index is 0.0582. The van der Waals surface area contributed by atoms with Crippen LogP contribution in [0.4, 0.5) is 5.69 Å². The molecule has 0 amide bonds. The van der Waals surface area contributed by atoms with E-state index in [9.17, 15) is 4.79 Å². The van der Waals surface area contributed by atoms with Crippen molar-refractivity contribution in [3.63, 3.8) is 0 Å². The maximum absolute atomic E-state index is 11.3. The first-order valence-electron chi connectivity index (χ1n) is 6.26. The highest BCUT2D eigenvalue weighted by molar-refractivity contribution is 5.99. The number of nitrogen functional groups attached to an aromatic ring is 1. The number of rotatable bonds is 8. The van der Waals surface area contributed by atoms with Crippen LogP contribution in [-0.2, 0) is 4.74 Å². The SMILES string of the molecule is CCCCOCCOc1ccc(N)c(C(C)=O)c1. The first-order valence-corrected chi connectivity index (χ1v) is 6.26. The maximum atomic E-state index is 11.3. The van der Waals surface area contributed by atoms with E-state index in [1.807, 2.05) is 0 Å². The van der Waals surface area contributed by atoms with Gasteiger partial charge in [0.15, 0.2) is 5.78 Å². The summed E-state index contributed by atoms with van der Waals surface area (Å²) in [6.45, 7) is 5.41. The van der Waals surface area contributed by atoms with Crippen molar-refractivity contribution in [3.05, 3.63) is 23.8 Å². The Morgan fingerprint density at radius 3 is 2.72 bits per heavy atom. The molecule has 1 aromatic rings. The molecule has 0 spiro atoms. The number of carbonyl (C=O) groups excluding carboxylic acids is 1. The number of hydrogen-bond acceptors (Lipinski definition) is 4. The van der Waals surface area contributed by atoms with Gasteiger partial charge in [-0.3, -0.25) is 4.79 Å². The molecule has 1 aromatic carbocycles. The molecule has 0 heterocycles. The number of ether oxygens (including phenoxy) is 2. The second kappa shape index (κ2) is 7.71. The van der Waals surface area contributed by atoms with Crippen molar-refractivity contribution < 1.29 is 14.3 Å². The summed E-state index contributed by atoms with van der Waals surface area (Å²) < 4.78 is 10.9. The van der Waals surface area contributed by atoms with Crippen LogP contribution in [0.1, 0.15) is 37.0 Å². The molecule has 0 aromatic heterocycles. The molecule has 0 aliphatic carbocycles. The fourth-order valence-electron chi connectivity index (χ4n) is 1.50. The van der Waals surface area contributed by atoms with Crippen LogP contribution in [0, 0.1) is 0 Å². The fraction of sp³-hybridized carbons (Fsp3) is 0.500. The van der Waals surface area contributed by atoms with Crippen molar-refractivity contribution in [2.75, 3.05) is 25.6 Å². The van der Waals surface area contributed by atoms with Gasteiger partial charge in [0.05, 0.1) is 6.61 Å². The first-order chi connectivity index (χ1) is 8.65. The van der Waals surface area contributed by atoms with Crippen LogP contribution < -0.4 is 10.5 Å². The smallest absolute Gasteiger partial charge is 0.162 e. The van der Waals surface area contributed by atoms with E-state index in [2.05, 4.69) is 6.92 Å². The third-order valence-corrected chi connectivity index (χ3v) is 2.54. The Labute approximate surface area is 108 Å². The lowest BCUT2D eigenvalue weighted by molar-refractivity contribution is 0.0977. The van der Waals surface area contributed by atoms with Gasteiger partial charge < -0.3 is 15.2 Å². The third-order valence-electron chi connectivity index (χ3n) is 2.54. The summed E-state index contributed by atoms with van der Waals surface area (Å²) in [5.74, 6) is 0.589. The van der Waals surface area contributed by atoms with Gasteiger partial charge in [0.2, 0.25) is 0 Å². The van der Waals surface area contributed by atoms with E-state index < -0.39 is 0 Å². The van der Waals surface area contributed by atoms with E-state index in [1.165, 1.54) is 6.92 Å². The van der Waals surface area contributed by atoms with Gasteiger partial charge >= 0.3 is 0 Å². The van der Waals surface area contributed by atoms with E-state index >= 15 is 0 Å². The molecule has 0 radical (unpaired) electrons. The lowest BCUT2D eigenvalue weighted by atomic mass is 10.1. The van der Waals surface area contributed by atoms with E-state index in [4.69, 9.17) is 15.2 Å². The molecule has 0 saturated carbocycles. The molecule has 0 saturated heterocycles. The van der Waals surface area contributed by atoms with Crippen LogP contribution in [0.15, 0.2) is 18.2 Å². The molecule has 0 bridgehead atoms. The second-order valence-corrected chi connectivity index (χ2v) is 4.12. The average molecular weight is 251 g/mol. The highest BCUT2D eigenvalue weighted by atomic mass is 16.5. The average Bonchev–Trinajstić information content (AvgIpc) is 2.35. The van der Waals surface area contributed by atoms with Crippen LogP contribution in [0.25, 0.3) is 0 Å². The van der Waals surface area contributed by atoms with E-state index in [0.29, 0.717) is 30.2 Å². The zero-order chi connectivity index (χ0) is 13.4. The van der Waals surface area contributed by atoms with Crippen LogP contribution in [0.3, 0.4) is 0 Å². The van der Waals surface area contributed by atoms with E-state index in [1.54, 1.807) is 18.2 Å². The summed E-state index contributed by atoms with van der Waals surface area (Å²) in [6, 6.07) is 5.11. The lowest BCUT2D eigenvalue weighted by Crippen LogP contribution is -2.08. The largest absolute Gasteiger partial charge is 0.491 e. The number of hydrogen-bond donors (Lipinski definition) is 1. The van der Waals surface area contributed by atoms with Gasteiger partial charge in [-0.15, -0.1) is 0 Å². The van der Waals surface area contributed by atoms with E-state index in [0.717, 1.165) is 19.4 Å². The van der Waals surface area contributed by atoms with Gasteiger partial charge in [-0.25, -0.2) is 0 Å². The highest BCUT2D eigenvalue weighted by Crippen LogP contribution is 2.20. The normalized spacial score (nSPS) is 10.3. The molecular weight excluding hydrogens is 230 g/mol. The van der Waals surface area contributed by atoms with Crippen molar-refractivity contribution in [2.45, 2.75) is 26.7 Å². The number of benzene rings is 1. The van der Waals surface area contributed by atoms with Crippen molar-refractivity contribution in [1.29, 1.82) is 0 Å². The van der Waals surface area contributed by atoms with Crippen molar-refractivity contribution in [1.82, 2.24) is 0 Å². The van der Waals surface area contributed by atoms with Gasteiger partial charge in [-0.2, -0.15) is 0 Å². The molecule has 2 N–H and O–H groups in total. The predicted molar refractivity (Wildman–Crippen MR) is 72.1 cm³/mol. The minimum Gasteiger partial charge on any atom is -0.491 e. The Morgan fingerprint density at radius 2 is 2.06 bits per heavy atom. The molecule has 0 aliphatic heterocycles. The van der Waals surface area contributed by atoms with Crippen LogP contribution in [-0.4, -0.2) is 25.6 Å². The number of nitrogens with two attached hydrogens (primary N) is 1. The molecule has 0 atom stereocenters. The summed E-state index contributed by atoms with van der Waals surface area (Å²) in [5, 5.41) is 0. The van der Waals surface area contributed by atoms with Crippen molar-refractivity contribution in [3.8, 4) is 5.75 Å². The molecule has 0 aliphatic rings.